The van der Waals surface area contributed by atoms with Crippen molar-refractivity contribution in [2.45, 2.75) is 23.7 Å². The van der Waals surface area contributed by atoms with Gasteiger partial charge in [0.2, 0.25) is 0 Å². The zero-order valence-electron chi connectivity index (χ0n) is 12.5. The molecular formula is C16H19N3O2S. The van der Waals surface area contributed by atoms with Gasteiger partial charge in [0.1, 0.15) is 11.2 Å². The molecule has 0 bridgehead atoms. The molecule has 1 aliphatic heterocycles. The first-order chi connectivity index (χ1) is 10.6. The van der Waals surface area contributed by atoms with Crippen LogP contribution in [0.3, 0.4) is 0 Å². The van der Waals surface area contributed by atoms with E-state index in [2.05, 4.69) is 27.0 Å². The molecule has 5 nitrogen and oxygen atoms in total. The average Bonchev–Trinajstić information content (AvgIpc) is 2.55. The highest BCUT2D eigenvalue weighted by atomic mass is 32.2. The van der Waals surface area contributed by atoms with Crippen molar-refractivity contribution in [3.63, 3.8) is 0 Å². The van der Waals surface area contributed by atoms with Crippen molar-refractivity contribution in [2.75, 3.05) is 24.2 Å². The molecule has 0 N–H and O–H groups in total. The summed E-state index contributed by atoms with van der Waals surface area (Å²) in [6.45, 7) is 1.81. The molecule has 6 heteroatoms. The van der Waals surface area contributed by atoms with Crippen LogP contribution in [0.1, 0.15) is 24.5 Å². The molecule has 0 saturated carbocycles. The maximum atomic E-state index is 11.9. The maximum Gasteiger partial charge on any atom is 0.178 e. The number of anilines is 1. The molecule has 3 rings (SSSR count). The third-order valence-electron chi connectivity index (χ3n) is 4.11. The van der Waals surface area contributed by atoms with Crippen LogP contribution in [0.4, 0.5) is 5.69 Å². The quantitative estimate of drug-likeness (QED) is 0.869. The summed E-state index contributed by atoms with van der Waals surface area (Å²) < 4.78 is 23.8. The van der Waals surface area contributed by atoms with Gasteiger partial charge in [0.05, 0.1) is 5.69 Å². The van der Waals surface area contributed by atoms with Crippen LogP contribution in [0.25, 0.3) is 0 Å². The van der Waals surface area contributed by atoms with E-state index < -0.39 is 9.84 Å². The SMILES string of the molecule is CS(=O)(=O)c1cncnc1C1CCN(c2ccccc2)CC1. The molecule has 2 aromatic rings. The molecule has 22 heavy (non-hydrogen) atoms. The van der Waals surface area contributed by atoms with Gasteiger partial charge >= 0.3 is 0 Å². The first kappa shape index (κ1) is 15.0. The van der Waals surface area contributed by atoms with Crippen LogP contribution in [-0.2, 0) is 9.84 Å². The Morgan fingerprint density at radius 3 is 2.45 bits per heavy atom. The van der Waals surface area contributed by atoms with Crippen LogP contribution >= 0.6 is 0 Å². The van der Waals surface area contributed by atoms with Gasteiger partial charge in [0, 0.05) is 37.1 Å². The fraction of sp³-hybridized carbons (Fsp3) is 0.375. The maximum absolute atomic E-state index is 11.9. The Morgan fingerprint density at radius 1 is 1.14 bits per heavy atom. The van der Waals surface area contributed by atoms with E-state index in [1.165, 1.54) is 24.5 Å². The van der Waals surface area contributed by atoms with Crippen LogP contribution in [0.15, 0.2) is 47.8 Å². The van der Waals surface area contributed by atoms with Crippen molar-refractivity contribution in [1.82, 2.24) is 9.97 Å². The molecule has 0 amide bonds. The van der Waals surface area contributed by atoms with E-state index >= 15 is 0 Å². The number of rotatable bonds is 3. The van der Waals surface area contributed by atoms with E-state index in [0.29, 0.717) is 5.69 Å². The second-order valence-electron chi connectivity index (χ2n) is 5.64. The molecule has 1 saturated heterocycles. The molecule has 1 fully saturated rings. The molecule has 0 aliphatic carbocycles. The molecule has 116 valence electrons. The van der Waals surface area contributed by atoms with E-state index in [1.54, 1.807) is 0 Å². The average molecular weight is 317 g/mol. The van der Waals surface area contributed by atoms with Crippen molar-refractivity contribution in [3.8, 4) is 0 Å². The molecule has 0 unspecified atom stereocenters. The summed E-state index contributed by atoms with van der Waals surface area (Å²) in [6.07, 6.45) is 5.87. The highest BCUT2D eigenvalue weighted by Gasteiger charge is 2.26. The lowest BCUT2D eigenvalue weighted by molar-refractivity contribution is 0.486. The Kier molecular flexibility index (Phi) is 4.11. The van der Waals surface area contributed by atoms with Gasteiger partial charge < -0.3 is 4.90 Å². The van der Waals surface area contributed by atoms with Crippen LogP contribution in [0, 0.1) is 0 Å². The van der Waals surface area contributed by atoms with Crippen LogP contribution in [-0.4, -0.2) is 37.7 Å². The minimum Gasteiger partial charge on any atom is -0.371 e. The molecule has 1 aliphatic rings. The van der Waals surface area contributed by atoms with Gasteiger partial charge in [-0.05, 0) is 25.0 Å². The van der Waals surface area contributed by atoms with Crippen LogP contribution < -0.4 is 4.90 Å². The highest BCUT2D eigenvalue weighted by Crippen LogP contribution is 2.32. The van der Waals surface area contributed by atoms with Crippen molar-refractivity contribution >= 4 is 15.5 Å². The van der Waals surface area contributed by atoms with Crippen molar-refractivity contribution < 1.29 is 8.42 Å². The number of piperidine rings is 1. The lowest BCUT2D eigenvalue weighted by Crippen LogP contribution is -2.33. The number of benzene rings is 1. The van der Waals surface area contributed by atoms with Gasteiger partial charge in [0.15, 0.2) is 9.84 Å². The lowest BCUT2D eigenvalue weighted by Gasteiger charge is -2.33. The van der Waals surface area contributed by atoms with Gasteiger partial charge in [-0.15, -0.1) is 0 Å². The third kappa shape index (κ3) is 3.11. The Morgan fingerprint density at radius 2 is 1.82 bits per heavy atom. The predicted octanol–water partition coefficient (Wildman–Crippen LogP) is 2.26. The number of para-hydroxylation sites is 1. The number of sulfone groups is 1. The number of hydrogen-bond donors (Lipinski definition) is 0. The smallest absolute Gasteiger partial charge is 0.178 e. The van der Waals surface area contributed by atoms with Gasteiger partial charge in [-0.1, -0.05) is 18.2 Å². The minimum atomic E-state index is -3.29. The third-order valence-corrected chi connectivity index (χ3v) is 5.22. The minimum absolute atomic E-state index is 0.174. The second kappa shape index (κ2) is 6.04. The first-order valence-electron chi connectivity index (χ1n) is 7.35. The largest absolute Gasteiger partial charge is 0.371 e. The molecule has 1 aromatic heterocycles. The second-order valence-corrected chi connectivity index (χ2v) is 7.63. The summed E-state index contributed by atoms with van der Waals surface area (Å²) in [5, 5.41) is 0. The fourth-order valence-corrected chi connectivity index (χ4v) is 3.82. The predicted molar refractivity (Wildman–Crippen MR) is 85.8 cm³/mol. The first-order valence-corrected chi connectivity index (χ1v) is 9.25. The molecule has 2 heterocycles. The standard InChI is InChI=1S/C16H19N3O2S/c1-22(20,21)15-11-17-12-18-16(15)13-7-9-19(10-8-13)14-5-3-2-4-6-14/h2-6,11-13H,7-10H2,1H3. The summed E-state index contributed by atoms with van der Waals surface area (Å²) >= 11 is 0. The van der Waals surface area contributed by atoms with Gasteiger partial charge in [-0.25, -0.2) is 18.4 Å². The highest BCUT2D eigenvalue weighted by molar-refractivity contribution is 7.90. The Balaban J connectivity index is 1.78. The number of aromatic nitrogens is 2. The van der Waals surface area contributed by atoms with E-state index in [1.807, 2.05) is 18.2 Å². The van der Waals surface area contributed by atoms with E-state index in [-0.39, 0.29) is 10.8 Å². The fourth-order valence-electron chi connectivity index (χ4n) is 2.97. The molecule has 1 aromatic carbocycles. The van der Waals surface area contributed by atoms with Gasteiger partial charge in [-0.3, -0.25) is 0 Å². The Hall–Kier alpha value is -1.95. The summed E-state index contributed by atoms with van der Waals surface area (Å²) in [4.78, 5) is 10.7. The van der Waals surface area contributed by atoms with E-state index in [4.69, 9.17) is 0 Å². The molecule has 0 spiro atoms. The Bertz CT molecular complexity index is 739. The zero-order valence-corrected chi connectivity index (χ0v) is 13.3. The van der Waals surface area contributed by atoms with Gasteiger partial charge in [0.25, 0.3) is 0 Å². The Labute approximate surface area is 130 Å². The number of nitrogens with zero attached hydrogens (tertiary/aromatic N) is 3. The van der Waals surface area contributed by atoms with Crippen LogP contribution in [0.2, 0.25) is 0 Å². The van der Waals surface area contributed by atoms with Crippen LogP contribution in [0.5, 0.6) is 0 Å². The summed E-state index contributed by atoms with van der Waals surface area (Å²) in [7, 11) is -3.29. The van der Waals surface area contributed by atoms with Crippen molar-refractivity contribution in [1.29, 1.82) is 0 Å². The van der Waals surface area contributed by atoms with E-state index in [0.717, 1.165) is 25.9 Å². The molecule has 0 radical (unpaired) electrons. The van der Waals surface area contributed by atoms with Crippen molar-refractivity contribution in [3.05, 3.63) is 48.5 Å². The monoisotopic (exact) mass is 317 g/mol. The summed E-state index contributed by atoms with van der Waals surface area (Å²) in [6, 6.07) is 10.3. The normalized spacial score (nSPS) is 16.7. The molecule has 0 atom stereocenters. The van der Waals surface area contributed by atoms with Crippen molar-refractivity contribution in [2.24, 2.45) is 0 Å². The summed E-state index contributed by atoms with van der Waals surface area (Å²) in [5.41, 5.74) is 1.89. The lowest BCUT2D eigenvalue weighted by atomic mass is 9.93. The number of hydrogen-bond acceptors (Lipinski definition) is 5. The molecular weight excluding hydrogens is 298 g/mol. The zero-order chi connectivity index (χ0) is 15.6. The summed E-state index contributed by atoms with van der Waals surface area (Å²) in [5.74, 6) is 0.174. The van der Waals surface area contributed by atoms with E-state index in [9.17, 15) is 8.42 Å². The van der Waals surface area contributed by atoms with Gasteiger partial charge in [-0.2, -0.15) is 0 Å². The topological polar surface area (TPSA) is 63.2 Å².